The van der Waals surface area contributed by atoms with Crippen molar-refractivity contribution in [1.82, 2.24) is 9.88 Å². The third-order valence-electron chi connectivity index (χ3n) is 6.45. The Morgan fingerprint density at radius 3 is 2.85 bits per heavy atom. The van der Waals surface area contributed by atoms with Crippen molar-refractivity contribution < 1.29 is 9.47 Å². The van der Waals surface area contributed by atoms with E-state index in [1.807, 2.05) is 18.3 Å². The molecule has 2 bridgehead atoms. The summed E-state index contributed by atoms with van der Waals surface area (Å²) in [6.07, 6.45) is 5.90. The second-order valence-corrected chi connectivity index (χ2v) is 7.67. The molecule has 140 valence electrons. The zero-order chi connectivity index (χ0) is 18.1. The standard InChI is InChI=1S/C22H30N2O2/c1-4-15-14-24-11-9-16(15)12-21(24)22(26-5-2)18-8-10-23-20-7-6-17(25-3)13-19(18)20/h6-8,10,13,15-16,21-22H,4-5,9,11-12,14H2,1-3H3/t15?,16?,21?,22-/m0/s1. The molecule has 3 aliphatic rings. The highest BCUT2D eigenvalue weighted by Gasteiger charge is 2.43. The molecule has 0 spiro atoms. The number of hydrogen-bond donors (Lipinski definition) is 0. The van der Waals surface area contributed by atoms with E-state index in [9.17, 15) is 0 Å². The second kappa shape index (κ2) is 7.53. The highest BCUT2D eigenvalue weighted by atomic mass is 16.5. The van der Waals surface area contributed by atoms with Gasteiger partial charge < -0.3 is 9.47 Å². The molecular weight excluding hydrogens is 324 g/mol. The maximum atomic E-state index is 6.36. The Balaban J connectivity index is 1.72. The molecule has 0 amide bonds. The van der Waals surface area contributed by atoms with Crippen LogP contribution in [-0.4, -0.2) is 42.7 Å². The Morgan fingerprint density at radius 1 is 1.27 bits per heavy atom. The van der Waals surface area contributed by atoms with E-state index in [1.165, 1.54) is 37.9 Å². The van der Waals surface area contributed by atoms with E-state index in [1.54, 1.807) is 7.11 Å². The average Bonchev–Trinajstić information content (AvgIpc) is 2.71. The summed E-state index contributed by atoms with van der Waals surface area (Å²) < 4.78 is 11.8. The van der Waals surface area contributed by atoms with Gasteiger partial charge in [0.05, 0.1) is 18.7 Å². The summed E-state index contributed by atoms with van der Waals surface area (Å²) in [5.41, 5.74) is 2.26. The molecule has 3 fully saturated rings. The predicted molar refractivity (Wildman–Crippen MR) is 105 cm³/mol. The van der Waals surface area contributed by atoms with Crippen LogP contribution < -0.4 is 4.74 Å². The van der Waals surface area contributed by atoms with Crippen molar-refractivity contribution in [3.63, 3.8) is 0 Å². The predicted octanol–water partition coefficient (Wildman–Crippen LogP) is 4.44. The lowest BCUT2D eigenvalue weighted by Crippen LogP contribution is -2.55. The van der Waals surface area contributed by atoms with Crippen LogP contribution in [0.15, 0.2) is 30.5 Å². The normalized spacial score (nSPS) is 29.0. The monoisotopic (exact) mass is 354 g/mol. The molecule has 1 aromatic heterocycles. The third-order valence-corrected chi connectivity index (χ3v) is 6.45. The summed E-state index contributed by atoms with van der Waals surface area (Å²) in [4.78, 5) is 7.23. The number of fused-ring (bicyclic) bond motifs is 4. The van der Waals surface area contributed by atoms with Crippen molar-refractivity contribution >= 4 is 10.9 Å². The van der Waals surface area contributed by atoms with E-state index in [-0.39, 0.29) is 6.10 Å². The van der Waals surface area contributed by atoms with E-state index in [0.29, 0.717) is 6.04 Å². The molecule has 4 unspecified atom stereocenters. The fourth-order valence-electron chi connectivity index (χ4n) is 5.07. The van der Waals surface area contributed by atoms with Crippen molar-refractivity contribution in [2.24, 2.45) is 11.8 Å². The molecule has 0 saturated carbocycles. The van der Waals surface area contributed by atoms with Crippen LogP contribution in [0.2, 0.25) is 0 Å². The first-order valence-electron chi connectivity index (χ1n) is 10.0. The van der Waals surface area contributed by atoms with Crippen LogP contribution in [0.5, 0.6) is 5.75 Å². The van der Waals surface area contributed by atoms with Gasteiger partial charge in [0.2, 0.25) is 0 Å². The Hall–Kier alpha value is -1.65. The molecule has 4 heterocycles. The summed E-state index contributed by atoms with van der Waals surface area (Å²) in [7, 11) is 1.72. The highest BCUT2D eigenvalue weighted by Crippen LogP contribution is 2.44. The van der Waals surface area contributed by atoms with Gasteiger partial charge in [-0.3, -0.25) is 9.88 Å². The zero-order valence-corrected chi connectivity index (χ0v) is 16.1. The lowest BCUT2D eigenvalue weighted by molar-refractivity contribution is -0.0803. The minimum atomic E-state index is 0.0956. The smallest absolute Gasteiger partial charge is 0.119 e. The minimum absolute atomic E-state index is 0.0956. The molecular formula is C22H30N2O2. The summed E-state index contributed by atoms with van der Waals surface area (Å²) in [6.45, 7) is 7.60. The molecule has 3 saturated heterocycles. The number of rotatable bonds is 6. The lowest BCUT2D eigenvalue weighted by Gasteiger charge is -2.52. The first-order chi connectivity index (χ1) is 12.7. The third kappa shape index (κ3) is 3.10. The quantitative estimate of drug-likeness (QED) is 0.768. The Bertz CT molecular complexity index is 763. The molecule has 5 rings (SSSR count). The number of ether oxygens (including phenoxy) is 2. The van der Waals surface area contributed by atoms with Crippen LogP contribution in [0.3, 0.4) is 0 Å². The maximum absolute atomic E-state index is 6.36. The fraction of sp³-hybridized carbons (Fsp3) is 0.591. The molecule has 2 aromatic rings. The van der Waals surface area contributed by atoms with E-state index in [0.717, 1.165) is 35.1 Å². The Morgan fingerprint density at radius 2 is 2.15 bits per heavy atom. The minimum Gasteiger partial charge on any atom is -0.497 e. The van der Waals surface area contributed by atoms with Crippen molar-refractivity contribution in [1.29, 1.82) is 0 Å². The largest absolute Gasteiger partial charge is 0.497 e. The van der Waals surface area contributed by atoms with Crippen LogP contribution in [-0.2, 0) is 4.74 Å². The molecule has 1 aromatic carbocycles. The van der Waals surface area contributed by atoms with Gasteiger partial charge in [0.25, 0.3) is 0 Å². The summed E-state index contributed by atoms with van der Waals surface area (Å²) in [5.74, 6) is 2.58. The number of nitrogens with zero attached hydrogens (tertiary/aromatic N) is 2. The van der Waals surface area contributed by atoms with Crippen molar-refractivity contribution in [3.05, 3.63) is 36.0 Å². The average molecular weight is 354 g/mol. The van der Waals surface area contributed by atoms with Crippen molar-refractivity contribution in [2.45, 2.75) is 45.3 Å². The molecule has 4 nitrogen and oxygen atoms in total. The topological polar surface area (TPSA) is 34.6 Å². The van der Waals surface area contributed by atoms with Crippen LogP contribution in [0.25, 0.3) is 10.9 Å². The fourth-order valence-corrected chi connectivity index (χ4v) is 5.07. The number of methoxy groups -OCH3 is 1. The number of aromatic nitrogens is 1. The van der Waals surface area contributed by atoms with Crippen LogP contribution in [0, 0.1) is 11.8 Å². The SMILES string of the molecule is CCO[C@@H](c1ccnc2ccc(OC)cc12)C1CC2CCN1CC2CC. The highest BCUT2D eigenvalue weighted by molar-refractivity contribution is 5.84. The lowest BCUT2D eigenvalue weighted by atomic mass is 9.72. The molecule has 0 radical (unpaired) electrons. The summed E-state index contributed by atoms with van der Waals surface area (Å²) in [6, 6.07) is 8.74. The van der Waals surface area contributed by atoms with Gasteiger partial charge in [0, 0.05) is 30.8 Å². The van der Waals surface area contributed by atoms with Crippen LogP contribution in [0.1, 0.15) is 44.8 Å². The first-order valence-corrected chi connectivity index (χ1v) is 10.0. The molecule has 4 heteroatoms. The van der Waals surface area contributed by atoms with Crippen LogP contribution >= 0.6 is 0 Å². The van der Waals surface area contributed by atoms with Crippen molar-refractivity contribution in [3.8, 4) is 5.75 Å². The molecule has 3 aliphatic heterocycles. The van der Waals surface area contributed by atoms with Crippen molar-refractivity contribution in [2.75, 3.05) is 26.8 Å². The van der Waals surface area contributed by atoms with E-state index in [2.05, 4.69) is 35.9 Å². The maximum Gasteiger partial charge on any atom is 0.119 e. The zero-order valence-electron chi connectivity index (χ0n) is 16.1. The molecule has 5 atom stereocenters. The van der Waals surface area contributed by atoms with Gasteiger partial charge in [-0.2, -0.15) is 0 Å². The number of piperidine rings is 3. The Kier molecular flexibility index (Phi) is 5.14. The molecule has 0 aliphatic carbocycles. The number of hydrogen-bond acceptors (Lipinski definition) is 4. The van der Waals surface area contributed by atoms with Gasteiger partial charge in [-0.05, 0) is 68.0 Å². The van der Waals surface area contributed by atoms with Gasteiger partial charge in [-0.25, -0.2) is 0 Å². The van der Waals surface area contributed by atoms with Gasteiger partial charge in [0.15, 0.2) is 0 Å². The molecule has 0 N–H and O–H groups in total. The number of benzene rings is 1. The second-order valence-electron chi connectivity index (χ2n) is 7.67. The summed E-state index contributed by atoms with van der Waals surface area (Å²) >= 11 is 0. The van der Waals surface area contributed by atoms with E-state index in [4.69, 9.17) is 9.47 Å². The molecule has 26 heavy (non-hydrogen) atoms. The Labute approximate surface area is 156 Å². The van der Waals surface area contributed by atoms with E-state index >= 15 is 0 Å². The van der Waals surface area contributed by atoms with Gasteiger partial charge in [0.1, 0.15) is 5.75 Å². The first kappa shape index (κ1) is 17.7. The van der Waals surface area contributed by atoms with E-state index < -0.39 is 0 Å². The van der Waals surface area contributed by atoms with Gasteiger partial charge in [-0.15, -0.1) is 0 Å². The summed E-state index contributed by atoms with van der Waals surface area (Å²) in [5, 5.41) is 1.15. The van der Waals surface area contributed by atoms with Gasteiger partial charge >= 0.3 is 0 Å². The van der Waals surface area contributed by atoms with Crippen LogP contribution in [0.4, 0.5) is 0 Å². The van der Waals surface area contributed by atoms with Gasteiger partial charge in [-0.1, -0.05) is 13.3 Å². The number of pyridine rings is 1.